The van der Waals surface area contributed by atoms with Crippen molar-refractivity contribution in [2.75, 3.05) is 0 Å². The van der Waals surface area contributed by atoms with Crippen LogP contribution >= 0.6 is 0 Å². The molecule has 0 aromatic heterocycles. The summed E-state index contributed by atoms with van der Waals surface area (Å²) in [5.41, 5.74) is 5.02. The van der Waals surface area contributed by atoms with Crippen molar-refractivity contribution in [3.63, 3.8) is 0 Å². The second-order valence-electron chi connectivity index (χ2n) is 4.76. The van der Waals surface area contributed by atoms with E-state index in [0.29, 0.717) is 5.57 Å². The van der Waals surface area contributed by atoms with Crippen molar-refractivity contribution < 1.29 is 9.90 Å². The molecule has 1 aliphatic rings. The molecule has 0 amide bonds. The van der Waals surface area contributed by atoms with Crippen molar-refractivity contribution in [1.29, 1.82) is 5.26 Å². The third kappa shape index (κ3) is 1.63. The van der Waals surface area contributed by atoms with E-state index in [1.165, 1.54) is 0 Å². The summed E-state index contributed by atoms with van der Waals surface area (Å²) in [6.07, 6.45) is 0. The lowest BCUT2D eigenvalue weighted by Gasteiger charge is -2.04. The van der Waals surface area contributed by atoms with Crippen molar-refractivity contribution >= 4 is 11.5 Å². The van der Waals surface area contributed by atoms with Gasteiger partial charge in [-0.1, -0.05) is 48.0 Å². The van der Waals surface area contributed by atoms with Crippen molar-refractivity contribution in [1.82, 2.24) is 0 Å². The van der Waals surface area contributed by atoms with Crippen LogP contribution in [0.15, 0.2) is 48.0 Å². The number of carboxylic acid groups (broad SMARTS) is 1. The maximum Gasteiger partial charge on any atom is 0.347 e. The fourth-order valence-electron chi connectivity index (χ4n) is 2.66. The molecular weight excluding hydrogens is 250 g/mol. The second kappa shape index (κ2) is 4.36. The Morgan fingerprint density at radius 3 is 2.35 bits per heavy atom. The van der Waals surface area contributed by atoms with E-state index in [4.69, 9.17) is 0 Å². The molecule has 3 rings (SSSR count). The van der Waals surface area contributed by atoms with Crippen LogP contribution in [0, 0.1) is 18.3 Å². The van der Waals surface area contributed by atoms with E-state index in [1.807, 2.05) is 55.5 Å². The molecule has 2 aromatic carbocycles. The van der Waals surface area contributed by atoms with Crippen molar-refractivity contribution in [2.24, 2.45) is 0 Å². The van der Waals surface area contributed by atoms with Gasteiger partial charge in [0.1, 0.15) is 11.6 Å². The van der Waals surface area contributed by atoms with Crippen molar-refractivity contribution in [3.8, 4) is 17.2 Å². The summed E-state index contributed by atoms with van der Waals surface area (Å²) in [4.78, 5) is 11.3. The van der Waals surface area contributed by atoms with E-state index in [2.05, 4.69) is 0 Å². The highest BCUT2D eigenvalue weighted by atomic mass is 16.4. The Bertz CT molecular complexity index is 810. The first-order valence-corrected chi connectivity index (χ1v) is 6.22. The number of aliphatic carboxylic acids is 1. The van der Waals surface area contributed by atoms with E-state index in [1.54, 1.807) is 0 Å². The van der Waals surface area contributed by atoms with Gasteiger partial charge in [-0.25, -0.2) is 4.79 Å². The molecule has 3 heteroatoms. The predicted octanol–water partition coefficient (Wildman–Crippen LogP) is 3.39. The first-order valence-electron chi connectivity index (χ1n) is 6.22. The molecule has 0 heterocycles. The molecule has 0 bridgehead atoms. The Morgan fingerprint density at radius 1 is 1.05 bits per heavy atom. The number of rotatable bonds is 1. The summed E-state index contributed by atoms with van der Waals surface area (Å²) in [6.45, 7) is 1.99. The molecule has 96 valence electrons. The number of nitriles is 1. The SMILES string of the molecule is Cc1ccc2c(c1)-c1ccccc1/C2=C(/C#N)C(=O)O. The van der Waals surface area contributed by atoms with Gasteiger partial charge >= 0.3 is 5.97 Å². The lowest BCUT2D eigenvalue weighted by molar-refractivity contribution is -0.132. The zero-order valence-electron chi connectivity index (χ0n) is 10.8. The number of benzene rings is 2. The molecule has 0 radical (unpaired) electrons. The van der Waals surface area contributed by atoms with E-state index in [-0.39, 0.29) is 5.57 Å². The minimum atomic E-state index is -1.19. The number of nitrogens with zero attached hydrogens (tertiary/aromatic N) is 1. The number of carbonyl (C=O) groups is 1. The molecule has 0 fully saturated rings. The zero-order chi connectivity index (χ0) is 14.3. The summed E-state index contributed by atoms with van der Waals surface area (Å²) in [6, 6.07) is 15.3. The van der Waals surface area contributed by atoms with E-state index >= 15 is 0 Å². The summed E-state index contributed by atoms with van der Waals surface area (Å²) in [7, 11) is 0. The van der Waals surface area contributed by atoms with Crippen LogP contribution in [-0.4, -0.2) is 11.1 Å². The summed E-state index contributed by atoms with van der Waals surface area (Å²) in [5.74, 6) is -1.19. The maximum absolute atomic E-state index is 11.3. The van der Waals surface area contributed by atoms with Gasteiger partial charge in [0.05, 0.1) is 0 Å². The van der Waals surface area contributed by atoms with Gasteiger partial charge in [0.25, 0.3) is 0 Å². The fourth-order valence-corrected chi connectivity index (χ4v) is 2.66. The van der Waals surface area contributed by atoms with Crippen LogP contribution in [0.25, 0.3) is 16.7 Å². The molecule has 0 saturated heterocycles. The lowest BCUT2D eigenvalue weighted by Crippen LogP contribution is -2.02. The molecule has 0 spiro atoms. The molecule has 0 aliphatic heterocycles. The first kappa shape index (κ1) is 12.2. The monoisotopic (exact) mass is 261 g/mol. The van der Waals surface area contributed by atoms with Crippen molar-refractivity contribution in [2.45, 2.75) is 6.92 Å². The average molecular weight is 261 g/mol. The van der Waals surface area contributed by atoms with Gasteiger partial charge in [-0.3, -0.25) is 0 Å². The maximum atomic E-state index is 11.3. The van der Waals surface area contributed by atoms with Crippen molar-refractivity contribution in [3.05, 3.63) is 64.7 Å². The Kier molecular flexibility index (Phi) is 2.66. The molecule has 0 unspecified atom stereocenters. The number of hydrogen-bond donors (Lipinski definition) is 1. The molecule has 20 heavy (non-hydrogen) atoms. The van der Waals surface area contributed by atoms with Crippen LogP contribution in [0.4, 0.5) is 0 Å². The van der Waals surface area contributed by atoms with Gasteiger partial charge in [0.2, 0.25) is 0 Å². The van der Waals surface area contributed by atoms with Gasteiger partial charge in [-0.2, -0.15) is 5.26 Å². The highest BCUT2D eigenvalue weighted by Gasteiger charge is 2.28. The topological polar surface area (TPSA) is 61.1 Å². The standard InChI is InChI=1S/C17H11NO2/c1-10-6-7-13-14(8-10)11-4-2-3-5-12(11)16(13)15(9-18)17(19)20/h2-8H,1H3,(H,19,20)/b16-15+. The lowest BCUT2D eigenvalue weighted by atomic mass is 9.98. The van der Waals surface area contributed by atoms with Crippen LogP contribution in [0.3, 0.4) is 0 Å². The van der Waals surface area contributed by atoms with Crippen LogP contribution in [-0.2, 0) is 4.79 Å². The van der Waals surface area contributed by atoms with Gasteiger partial charge < -0.3 is 5.11 Å². The summed E-state index contributed by atoms with van der Waals surface area (Å²) >= 11 is 0. The quantitative estimate of drug-likeness (QED) is 0.539. The Hall–Kier alpha value is -2.86. The van der Waals surface area contributed by atoms with E-state index in [9.17, 15) is 15.2 Å². The zero-order valence-corrected chi connectivity index (χ0v) is 10.8. The van der Waals surface area contributed by atoms with E-state index in [0.717, 1.165) is 27.8 Å². The molecule has 1 N–H and O–H groups in total. The molecule has 0 saturated carbocycles. The molecular formula is C17H11NO2. The Morgan fingerprint density at radius 2 is 1.70 bits per heavy atom. The minimum absolute atomic E-state index is 0.208. The number of fused-ring (bicyclic) bond motifs is 3. The smallest absolute Gasteiger partial charge is 0.347 e. The van der Waals surface area contributed by atoms with Gasteiger partial charge in [0, 0.05) is 5.57 Å². The molecule has 1 aliphatic carbocycles. The number of aryl methyl sites for hydroxylation is 1. The van der Waals surface area contributed by atoms with Crippen LogP contribution < -0.4 is 0 Å². The Balaban J connectivity index is 2.45. The predicted molar refractivity (Wildman–Crippen MR) is 75.9 cm³/mol. The third-order valence-corrected chi connectivity index (χ3v) is 3.51. The summed E-state index contributed by atoms with van der Waals surface area (Å²) in [5, 5.41) is 18.4. The molecule has 2 aromatic rings. The molecule has 3 nitrogen and oxygen atoms in total. The second-order valence-corrected chi connectivity index (χ2v) is 4.76. The highest BCUT2D eigenvalue weighted by Crippen LogP contribution is 2.45. The van der Waals surface area contributed by atoms with E-state index < -0.39 is 5.97 Å². The number of hydrogen-bond acceptors (Lipinski definition) is 2. The normalized spacial score (nSPS) is 14.2. The highest BCUT2D eigenvalue weighted by molar-refractivity contribution is 6.11. The van der Waals surface area contributed by atoms with Crippen LogP contribution in [0.5, 0.6) is 0 Å². The number of carboxylic acids is 1. The van der Waals surface area contributed by atoms with Crippen LogP contribution in [0.1, 0.15) is 16.7 Å². The average Bonchev–Trinajstić information content (AvgIpc) is 2.74. The van der Waals surface area contributed by atoms with Crippen LogP contribution in [0.2, 0.25) is 0 Å². The van der Waals surface area contributed by atoms with Gasteiger partial charge in [0.15, 0.2) is 0 Å². The van der Waals surface area contributed by atoms with Gasteiger partial charge in [-0.15, -0.1) is 0 Å². The van der Waals surface area contributed by atoms with Gasteiger partial charge in [-0.05, 0) is 29.2 Å². The minimum Gasteiger partial charge on any atom is -0.477 e. The molecule has 0 atom stereocenters. The Labute approximate surface area is 116 Å². The third-order valence-electron chi connectivity index (χ3n) is 3.51. The summed E-state index contributed by atoms with van der Waals surface area (Å²) < 4.78 is 0. The largest absolute Gasteiger partial charge is 0.477 e. The fraction of sp³-hybridized carbons (Fsp3) is 0.0588. The first-order chi connectivity index (χ1) is 9.63.